The number of rotatable bonds is 11. The Labute approximate surface area is 111 Å². The zero-order valence-electron chi connectivity index (χ0n) is 10.9. The molecule has 0 spiro atoms. The van der Waals surface area contributed by atoms with E-state index < -0.39 is 11.8 Å². The first-order valence-corrected chi connectivity index (χ1v) is 5.81. The summed E-state index contributed by atoms with van der Waals surface area (Å²) < 4.78 is 0. The van der Waals surface area contributed by atoms with Crippen LogP contribution in [-0.4, -0.2) is 73.0 Å². The lowest BCUT2D eigenvalue weighted by Gasteiger charge is -2.30. The van der Waals surface area contributed by atoms with Crippen molar-refractivity contribution in [2.75, 3.05) is 32.7 Å². The first kappa shape index (κ1) is 17.2. The fourth-order valence-electron chi connectivity index (χ4n) is 1.71. The highest BCUT2D eigenvalue weighted by molar-refractivity contribution is 5.76. The van der Waals surface area contributed by atoms with Gasteiger partial charge in [-0.2, -0.15) is 0 Å². The third-order valence-electron chi connectivity index (χ3n) is 2.53. The Morgan fingerprint density at radius 2 is 1.58 bits per heavy atom. The Hall–Kier alpha value is -1.80. The molecule has 2 amide bonds. The van der Waals surface area contributed by atoms with Crippen molar-refractivity contribution in [3.8, 4) is 0 Å². The summed E-state index contributed by atoms with van der Waals surface area (Å²) in [6.07, 6.45) is 1.32. The summed E-state index contributed by atoms with van der Waals surface area (Å²) in [5, 5.41) is 0. The van der Waals surface area contributed by atoms with E-state index in [9.17, 15) is 19.2 Å². The number of amides is 2. The van der Waals surface area contributed by atoms with E-state index in [1.807, 2.05) is 0 Å². The van der Waals surface area contributed by atoms with E-state index >= 15 is 0 Å². The molecule has 0 heterocycles. The van der Waals surface area contributed by atoms with Gasteiger partial charge in [-0.1, -0.05) is 0 Å². The second-order valence-electron chi connectivity index (χ2n) is 4.24. The van der Waals surface area contributed by atoms with E-state index in [-0.39, 0.29) is 32.2 Å². The molecular weight excluding hydrogens is 252 g/mol. The Kier molecular flexibility index (Phi) is 8.30. The van der Waals surface area contributed by atoms with Gasteiger partial charge in [0.05, 0.1) is 26.2 Å². The zero-order chi connectivity index (χ0) is 14.8. The van der Waals surface area contributed by atoms with Gasteiger partial charge >= 0.3 is 0 Å². The molecule has 8 nitrogen and oxygen atoms in total. The Bertz CT molecular complexity index is 335. The molecular formula is C11H20N4O4. The fourth-order valence-corrected chi connectivity index (χ4v) is 1.71. The predicted octanol–water partition coefficient (Wildman–Crippen LogP) is -2.65. The number of primary amides is 2. The Morgan fingerprint density at radius 1 is 1.05 bits per heavy atom. The maximum Gasteiger partial charge on any atom is 0.231 e. The highest BCUT2D eigenvalue weighted by Crippen LogP contribution is 2.01. The summed E-state index contributed by atoms with van der Waals surface area (Å²) >= 11 is 0. The van der Waals surface area contributed by atoms with Crippen LogP contribution in [0.4, 0.5) is 0 Å². The number of nitrogens with two attached hydrogens (primary N) is 2. The van der Waals surface area contributed by atoms with Crippen LogP contribution in [0, 0.1) is 0 Å². The van der Waals surface area contributed by atoms with Gasteiger partial charge in [0, 0.05) is 12.6 Å². The molecule has 0 bridgehead atoms. The van der Waals surface area contributed by atoms with Gasteiger partial charge in [-0.05, 0) is 6.92 Å². The molecule has 0 fully saturated rings. The first-order valence-electron chi connectivity index (χ1n) is 5.81. The van der Waals surface area contributed by atoms with Crippen LogP contribution >= 0.6 is 0 Å². The van der Waals surface area contributed by atoms with Crippen molar-refractivity contribution in [1.29, 1.82) is 0 Å². The van der Waals surface area contributed by atoms with Crippen molar-refractivity contribution in [3.63, 3.8) is 0 Å². The van der Waals surface area contributed by atoms with Crippen LogP contribution < -0.4 is 11.5 Å². The zero-order valence-corrected chi connectivity index (χ0v) is 10.9. The number of hydrogen-bond acceptors (Lipinski definition) is 6. The van der Waals surface area contributed by atoms with Crippen LogP contribution in [0.15, 0.2) is 0 Å². The quantitative estimate of drug-likeness (QED) is 0.395. The number of aldehydes is 2. The Balaban J connectivity index is 4.57. The molecule has 0 saturated heterocycles. The van der Waals surface area contributed by atoms with Crippen LogP contribution in [-0.2, 0) is 19.2 Å². The van der Waals surface area contributed by atoms with Crippen LogP contribution in [0.25, 0.3) is 0 Å². The molecule has 0 aromatic rings. The monoisotopic (exact) mass is 272 g/mol. The second kappa shape index (κ2) is 9.17. The third-order valence-corrected chi connectivity index (χ3v) is 2.53. The highest BCUT2D eigenvalue weighted by atomic mass is 16.2. The molecule has 0 radical (unpaired) electrons. The normalized spacial score (nSPS) is 12.4. The van der Waals surface area contributed by atoms with E-state index in [0.717, 1.165) is 0 Å². The molecule has 0 aromatic carbocycles. The minimum atomic E-state index is -0.550. The molecule has 1 atom stereocenters. The van der Waals surface area contributed by atoms with Crippen molar-refractivity contribution in [2.24, 2.45) is 11.5 Å². The fraction of sp³-hybridized carbons (Fsp3) is 0.636. The van der Waals surface area contributed by atoms with Gasteiger partial charge in [0.25, 0.3) is 0 Å². The standard InChI is InChI=1S/C11H20N4O4/c1-9(15(3-5-17)8-11(13)19)6-14(2-4-16)7-10(12)18/h4-5,9H,2-3,6-8H2,1H3,(H2,12,18)(H2,13,19)/t9-/m0/s1. The molecule has 0 aliphatic heterocycles. The minimum Gasteiger partial charge on any atom is -0.369 e. The van der Waals surface area contributed by atoms with Gasteiger partial charge in [-0.15, -0.1) is 0 Å². The van der Waals surface area contributed by atoms with E-state index in [1.54, 1.807) is 16.7 Å². The van der Waals surface area contributed by atoms with Gasteiger partial charge < -0.3 is 21.1 Å². The molecule has 108 valence electrons. The maximum absolute atomic E-state index is 10.9. The molecule has 0 rings (SSSR count). The summed E-state index contributed by atoms with van der Waals surface area (Å²) in [7, 11) is 0. The lowest BCUT2D eigenvalue weighted by molar-refractivity contribution is -0.122. The summed E-state index contributed by atoms with van der Waals surface area (Å²) in [6, 6.07) is -0.225. The minimum absolute atomic E-state index is 0.0512. The number of carbonyl (C=O) groups excluding carboxylic acids is 4. The smallest absolute Gasteiger partial charge is 0.231 e. The van der Waals surface area contributed by atoms with E-state index in [1.165, 1.54) is 0 Å². The van der Waals surface area contributed by atoms with Crippen LogP contribution in [0.2, 0.25) is 0 Å². The van der Waals surface area contributed by atoms with Crippen LogP contribution in [0.5, 0.6) is 0 Å². The van der Waals surface area contributed by atoms with Gasteiger partial charge in [-0.25, -0.2) is 0 Å². The molecule has 19 heavy (non-hydrogen) atoms. The average molecular weight is 272 g/mol. The summed E-state index contributed by atoms with van der Waals surface area (Å²) in [5.74, 6) is -1.10. The first-order chi connectivity index (χ1) is 8.90. The topological polar surface area (TPSA) is 127 Å². The molecule has 0 saturated carbocycles. The van der Waals surface area contributed by atoms with Crippen molar-refractivity contribution in [1.82, 2.24) is 9.80 Å². The molecule has 8 heteroatoms. The van der Waals surface area contributed by atoms with Crippen LogP contribution in [0.3, 0.4) is 0 Å². The Morgan fingerprint density at radius 3 is 2.00 bits per heavy atom. The van der Waals surface area contributed by atoms with E-state index in [0.29, 0.717) is 19.1 Å². The SMILES string of the molecule is C[C@@H](CN(CC=O)CC(N)=O)N(CC=O)CC(N)=O. The summed E-state index contributed by atoms with van der Waals surface area (Å²) in [5.41, 5.74) is 10.2. The van der Waals surface area contributed by atoms with Crippen molar-refractivity contribution >= 4 is 24.4 Å². The van der Waals surface area contributed by atoms with Crippen molar-refractivity contribution < 1.29 is 19.2 Å². The summed E-state index contributed by atoms with van der Waals surface area (Å²) in [4.78, 5) is 45.9. The number of nitrogens with zero attached hydrogens (tertiary/aromatic N) is 2. The van der Waals surface area contributed by atoms with Gasteiger partial charge in [0.2, 0.25) is 11.8 Å². The van der Waals surface area contributed by atoms with Gasteiger partial charge in [0.15, 0.2) is 0 Å². The largest absolute Gasteiger partial charge is 0.369 e. The molecule has 0 aliphatic rings. The molecule has 4 N–H and O–H groups in total. The number of hydrogen-bond donors (Lipinski definition) is 2. The van der Waals surface area contributed by atoms with E-state index in [2.05, 4.69) is 0 Å². The summed E-state index contributed by atoms with van der Waals surface area (Å²) in [6.45, 7) is 2.07. The van der Waals surface area contributed by atoms with Crippen molar-refractivity contribution in [3.05, 3.63) is 0 Å². The lowest BCUT2D eigenvalue weighted by atomic mass is 10.2. The van der Waals surface area contributed by atoms with Crippen molar-refractivity contribution in [2.45, 2.75) is 13.0 Å². The lowest BCUT2D eigenvalue weighted by Crippen LogP contribution is -2.48. The molecule has 0 unspecified atom stereocenters. The average Bonchev–Trinajstić information content (AvgIpc) is 2.27. The number of carbonyl (C=O) groups is 4. The third kappa shape index (κ3) is 8.01. The molecule has 0 aliphatic carbocycles. The van der Waals surface area contributed by atoms with Gasteiger partial charge in [0.1, 0.15) is 12.6 Å². The predicted molar refractivity (Wildman–Crippen MR) is 68.0 cm³/mol. The van der Waals surface area contributed by atoms with Gasteiger partial charge in [-0.3, -0.25) is 19.4 Å². The van der Waals surface area contributed by atoms with E-state index in [4.69, 9.17) is 11.5 Å². The second-order valence-corrected chi connectivity index (χ2v) is 4.24. The van der Waals surface area contributed by atoms with Crippen LogP contribution in [0.1, 0.15) is 6.92 Å². The maximum atomic E-state index is 10.9. The molecule has 0 aromatic heterocycles. The highest BCUT2D eigenvalue weighted by Gasteiger charge is 2.19.